The summed E-state index contributed by atoms with van der Waals surface area (Å²) in [7, 11) is 3.24. The zero-order valence-corrected chi connectivity index (χ0v) is 27.0. The maximum atomic E-state index is 12.3. The van der Waals surface area contributed by atoms with Gasteiger partial charge in [-0.3, -0.25) is 0 Å². The van der Waals surface area contributed by atoms with Gasteiger partial charge in [-0.1, -0.05) is 42.5 Å². The second-order valence-corrected chi connectivity index (χ2v) is 11.5. The van der Waals surface area contributed by atoms with E-state index in [1.165, 1.54) is 4.90 Å². The van der Waals surface area contributed by atoms with Crippen molar-refractivity contribution in [2.45, 2.75) is 18.9 Å². The molecule has 1 amide bonds. The Morgan fingerprint density at radius 1 is 0.660 bits per heavy atom. The summed E-state index contributed by atoms with van der Waals surface area (Å²) in [4.78, 5) is 13.7. The second kappa shape index (κ2) is 17.1. The quantitative estimate of drug-likeness (QED) is 0.129. The largest absolute Gasteiger partial charge is 0.497 e. The highest BCUT2D eigenvalue weighted by molar-refractivity contribution is 5.65. The van der Waals surface area contributed by atoms with E-state index in [1.54, 1.807) is 14.2 Å². The Morgan fingerprint density at radius 3 is 1.66 bits per heavy atom. The maximum Gasteiger partial charge on any atom is 0.407 e. The van der Waals surface area contributed by atoms with Crippen LogP contribution in [0.2, 0.25) is 0 Å². The first-order valence-corrected chi connectivity index (χ1v) is 15.9. The zero-order valence-electron chi connectivity index (χ0n) is 27.0. The Labute approximate surface area is 276 Å². The van der Waals surface area contributed by atoms with Crippen molar-refractivity contribution in [2.75, 3.05) is 53.7 Å². The predicted molar refractivity (Wildman–Crippen MR) is 179 cm³/mol. The summed E-state index contributed by atoms with van der Waals surface area (Å²) in [6, 6.07) is 33.0. The molecular formula is C38H43NO8. The number of nitrogens with zero attached hydrogens (tertiary/aromatic N) is 1. The van der Waals surface area contributed by atoms with Gasteiger partial charge in [-0.05, 0) is 77.7 Å². The van der Waals surface area contributed by atoms with Crippen LogP contribution in [0.5, 0.6) is 28.7 Å². The maximum absolute atomic E-state index is 12.3. The van der Waals surface area contributed by atoms with Crippen molar-refractivity contribution in [1.29, 1.82) is 0 Å². The minimum Gasteiger partial charge on any atom is -0.497 e. The van der Waals surface area contributed by atoms with Crippen LogP contribution in [-0.4, -0.2) is 69.8 Å². The molecule has 1 unspecified atom stereocenters. The molecule has 4 aromatic rings. The van der Waals surface area contributed by atoms with Crippen molar-refractivity contribution in [2.24, 2.45) is 11.8 Å². The molecule has 0 bridgehead atoms. The summed E-state index contributed by atoms with van der Waals surface area (Å²) in [5, 5.41) is 10.0. The molecule has 9 nitrogen and oxygen atoms in total. The fourth-order valence-corrected chi connectivity index (χ4v) is 5.92. The van der Waals surface area contributed by atoms with Crippen molar-refractivity contribution >= 4 is 6.09 Å². The van der Waals surface area contributed by atoms with Crippen LogP contribution < -0.4 is 23.7 Å². The topological polar surface area (TPSA) is 95.9 Å². The van der Waals surface area contributed by atoms with Gasteiger partial charge in [0.2, 0.25) is 0 Å². The number of rotatable bonds is 16. The van der Waals surface area contributed by atoms with E-state index in [-0.39, 0.29) is 17.8 Å². The van der Waals surface area contributed by atoms with E-state index in [4.69, 9.17) is 28.4 Å². The van der Waals surface area contributed by atoms with Gasteiger partial charge in [0.15, 0.2) is 0 Å². The monoisotopic (exact) mass is 641 g/mol. The van der Waals surface area contributed by atoms with E-state index in [0.717, 1.165) is 34.8 Å². The van der Waals surface area contributed by atoms with Gasteiger partial charge >= 0.3 is 6.09 Å². The third-order valence-corrected chi connectivity index (χ3v) is 8.32. The zero-order chi connectivity index (χ0) is 32.8. The van der Waals surface area contributed by atoms with Crippen molar-refractivity contribution < 1.29 is 38.3 Å². The fraction of sp³-hybridized carbons (Fsp3) is 0.342. The lowest BCUT2D eigenvalue weighted by atomic mass is 9.74. The van der Waals surface area contributed by atoms with Gasteiger partial charge in [0, 0.05) is 31.3 Å². The first kappa shape index (κ1) is 33.5. The standard InChI is InChI=1S/C38H43NO8/c1-42-32-13-17-35(18-14-32)46-26-30-23-39(38(40)41)24-31(27-47-36-19-15-33(43-2)16-20-36)37(30)29-9-11-34(12-10-29)45-22-6-21-44-25-28-7-4-3-5-8-28/h3-5,7-20,30-31,37H,6,21-27H2,1-2H3,(H,40,41)/t30-,31+,37?. The summed E-state index contributed by atoms with van der Waals surface area (Å²) in [6.07, 6.45) is -0.179. The Bertz CT molecular complexity index is 1430. The van der Waals surface area contributed by atoms with Gasteiger partial charge in [0.05, 0.1) is 47.3 Å². The average Bonchev–Trinajstić information content (AvgIpc) is 3.12. The predicted octanol–water partition coefficient (Wildman–Crippen LogP) is 7.16. The number of ether oxygens (including phenoxy) is 6. The minimum absolute atomic E-state index is 0.0254. The first-order chi connectivity index (χ1) is 23.0. The van der Waals surface area contributed by atoms with Crippen LogP contribution in [0.4, 0.5) is 4.79 Å². The van der Waals surface area contributed by atoms with Gasteiger partial charge < -0.3 is 38.4 Å². The molecule has 0 spiro atoms. The molecule has 3 atom stereocenters. The number of hydrogen-bond acceptors (Lipinski definition) is 7. The normalized spacial score (nSPS) is 17.5. The molecule has 0 aliphatic carbocycles. The molecule has 5 rings (SSSR count). The molecule has 47 heavy (non-hydrogen) atoms. The lowest BCUT2D eigenvalue weighted by Gasteiger charge is -2.43. The van der Waals surface area contributed by atoms with Gasteiger partial charge in [-0.25, -0.2) is 4.79 Å². The van der Waals surface area contributed by atoms with Crippen LogP contribution in [0.3, 0.4) is 0 Å². The van der Waals surface area contributed by atoms with E-state index < -0.39 is 6.09 Å². The lowest BCUT2D eigenvalue weighted by Crippen LogP contribution is -2.50. The molecule has 1 aliphatic heterocycles. The van der Waals surface area contributed by atoms with E-state index in [1.807, 2.05) is 78.9 Å². The van der Waals surface area contributed by atoms with E-state index in [2.05, 4.69) is 24.3 Å². The van der Waals surface area contributed by atoms with Gasteiger partial charge in [-0.2, -0.15) is 0 Å². The summed E-state index contributed by atoms with van der Waals surface area (Å²) in [5.41, 5.74) is 2.24. The Balaban J connectivity index is 1.26. The molecule has 0 radical (unpaired) electrons. The van der Waals surface area contributed by atoms with Gasteiger partial charge in [-0.15, -0.1) is 0 Å². The fourth-order valence-electron chi connectivity index (χ4n) is 5.92. The van der Waals surface area contributed by atoms with E-state index >= 15 is 0 Å². The highest BCUT2D eigenvalue weighted by Gasteiger charge is 2.40. The SMILES string of the molecule is COc1ccc(OC[C@@H]2CN(C(=O)O)C[C@H](COc3ccc(OC)cc3)C2c2ccc(OCCCOCc3ccccc3)cc2)cc1. The van der Waals surface area contributed by atoms with Crippen LogP contribution in [0.1, 0.15) is 23.5 Å². The molecule has 1 N–H and O–H groups in total. The number of hydrogen-bond donors (Lipinski definition) is 1. The molecule has 248 valence electrons. The van der Waals surface area contributed by atoms with E-state index in [0.29, 0.717) is 57.6 Å². The molecule has 0 saturated carbocycles. The highest BCUT2D eigenvalue weighted by atomic mass is 16.5. The van der Waals surface area contributed by atoms with Gasteiger partial charge in [0.1, 0.15) is 28.7 Å². The number of benzene rings is 4. The number of piperidine rings is 1. The van der Waals surface area contributed by atoms with Crippen LogP contribution in [0.25, 0.3) is 0 Å². The van der Waals surface area contributed by atoms with Crippen molar-refractivity contribution in [3.05, 3.63) is 114 Å². The number of amides is 1. The van der Waals surface area contributed by atoms with E-state index in [9.17, 15) is 9.90 Å². The summed E-state index contributed by atoms with van der Waals surface area (Å²) in [5.74, 6) is 3.36. The number of carbonyl (C=O) groups is 1. The van der Waals surface area contributed by atoms with Crippen molar-refractivity contribution in [3.63, 3.8) is 0 Å². The summed E-state index contributed by atoms with van der Waals surface area (Å²) < 4.78 is 34.8. The summed E-state index contributed by atoms with van der Waals surface area (Å²) >= 11 is 0. The van der Waals surface area contributed by atoms with Crippen LogP contribution >= 0.6 is 0 Å². The summed E-state index contributed by atoms with van der Waals surface area (Å²) in [6.45, 7) is 3.10. The average molecular weight is 642 g/mol. The van der Waals surface area contributed by atoms with Crippen molar-refractivity contribution in [3.8, 4) is 28.7 Å². The van der Waals surface area contributed by atoms with Crippen LogP contribution in [0.15, 0.2) is 103 Å². The Kier molecular flexibility index (Phi) is 12.2. The van der Waals surface area contributed by atoms with Crippen molar-refractivity contribution in [1.82, 2.24) is 4.90 Å². The number of likely N-dealkylation sites (tertiary alicyclic amines) is 1. The molecule has 9 heteroatoms. The smallest absolute Gasteiger partial charge is 0.407 e. The Morgan fingerprint density at radius 2 is 1.15 bits per heavy atom. The third-order valence-electron chi connectivity index (χ3n) is 8.32. The molecular weight excluding hydrogens is 598 g/mol. The number of methoxy groups -OCH3 is 2. The highest BCUT2D eigenvalue weighted by Crippen LogP contribution is 2.39. The number of carboxylic acid groups (broad SMARTS) is 1. The van der Waals surface area contributed by atoms with Crippen LogP contribution in [0, 0.1) is 11.8 Å². The molecule has 0 aromatic heterocycles. The second-order valence-electron chi connectivity index (χ2n) is 11.5. The van der Waals surface area contributed by atoms with Crippen LogP contribution in [-0.2, 0) is 11.3 Å². The lowest BCUT2D eigenvalue weighted by molar-refractivity contribution is 0.0472. The van der Waals surface area contributed by atoms with Gasteiger partial charge in [0.25, 0.3) is 0 Å². The Hall–Kier alpha value is -4.89. The molecule has 4 aromatic carbocycles. The minimum atomic E-state index is -0.955. The third kappa shape index (κ3) is 9.80. The first-order valence-electron chi connectivity index (χ1n) is 15.9. The molecule has 1 fully saturated rings. The molecule has 1 saturated heterocycles. The molecule has 1 heterocycles. The molecule has 1 aliphatic rings.